The van der Waals surface area contributed by atoms with Gasteiger partial charge in [0.15, 0.2) is 12.4 Å². The highest BCUT2D eigenvalue weighted by molar-refractivity contribution is 5.69. The van der Waals surface area contributed by atoms with Crippen LogP contribution < -0.4 is 9.47 Å². The molecule has 1 heterocycles. The molecule has 3 nitrogen and oxygen atoms in total. The number of benzene rings is 1. The number of pyridine rings is 1. The van der Waals surface area contributed by atoms with Gasteiger partial charge in [-0.05, 0) is 17.7 Å². The van der Waals surface area contributed by atoms with Crippen LogP contribution in [0.4, 0.5) is 4.39 Å². The Balaban J connectivity index is 2.51. The van der Waals surface area contributed by atoms with Gasteiger partial charge in [0.2, 0.25) is 0 Å². The Hall–Kier alpha value is -2.10. The Morgan fingerprint density at radius 3 is 2.50 bits per heavy atom. The van der Waals surface area contributed by atoms with Crippen LogP contribution in [0, 0.1) is 11.0 Å². The van der Waals surface area contributed by atoms with E-state index in [4.69, 9.17) is 4.74 Å². The van der Waals surface area contributed by atoms with Crippen molar-refractivity contribution in [3.8, 4) is 16.9 Å². The van der Waals surface area contributed by atoms with Gasteiger partial charge in [-0.1, -0.05) is 0 Å². The molecule has 0 bridgehead atoms. The summed E-state index contributed by atoms with van der Waals surface area (Å²) in [7, 11) is 1.48. The van der Waals surface area contributed by atoms with Gasteiger partial charge in [-0.15, -0.1) is 0 Å². The lowest BCUT2D eigenvalue weighted by molar-refractivity contribution is -0.605. The molecule has 0 atom stereocenters. The molecular formula is C12H10FNO2. The molecule has 0 saturated carbocycles. The lowest BCUT2D eigenvalue weighted by Crippen LogP contribution is -2.23. The molecule has 0 unspecified atom stereocenters. The molecule has 0 fully saturated rings. The normalized spacial score (nSPS) is 10.1. The van der Waals surface area contributed by atoms with Crippen molar-refractivity contribution in [1.82, 2.24) is 0 Å². The van der Waals surface area contributed by atoms with E-state index in [9.17, 15) is 9.60 Å². The molecule has 82 valence electrons. The maximum atomic E-state index is 13.0. The van der Waals surface area contributed by atoms with E-state index in [0.717, 1.165) is 11.1 Å². The fourth-order valence-corrected chi connectivity index (χ4v) is 1.50. The van der Waals surface area contributed by atoms with Crippen molar-refractivity contribution in [3.05, 3.63) is 53.7 Å². The Kier molecular flexibility index (Phi) is 2.72. The van der Waals surface area contributed by atoms with Crippen molar-refractivity contribution < 1.29 is 13.9 Å². The largest absolute Gasteiger partial charge is 0.619 e. The molecule has 0 radical (unpaired) electrons. The fourth-order valence-electron chi connectivity index (χ4n) is 1.50. The molecule has 2 aromatic rings. The minimum absolute atomic E-state index is 0.351. The van der Waals surface area contributed by atoms with E-state index in [0.29, 0.717) is 10.5 Å². The molecule has 0 N–H and O–H groups in total. The molecular weight excluding hydrogens is 209 g/mol. The van der Waals surface area contributed by atoms with Crippen molar-refractivity contribution in [2.45, 2.75) is 0 Å². The summed E-state index contributed by atoms with van der Waals surface area (Å²) in [4.78, 5) is 0. The van der Waals surface area contributed by atoms with Crippen molar-refractivity contribution in [3.63, 3.8) is 0 Å². The number of nitrogens with zero attached hydrogens (tertiary/aromatic N) is 1. The maximum absolute atomic E-state index is 13.0. The minimum Gasteiger partial charge on any atom is -0.619 e. The first-order valence-corrected chi connectivity index (χ1v) is 4.73. The zero-order chi connectivity index (χ0) is 11.5. The van der Waals surface area contributed by atoms with Gasteiger partial charge in [-0.25, -0.2) is 4.39 Å². The summed E-state index contributed by atoms with van der Waals surface area (Å²) in [5.41, 5.74) is 1.56. The van der Waals surface area contributed by atoms with Crippen LogP contribution >= 0.6 is 0 Å². The molecule has 0 aliphatic rings. The molecule has 0 spiro atoms. The highest BCUT2D eigenvalue weighted by atomic mass is 19.1. The fraction of sp³-hybridized carbons (Fsp3) is 0.0833. The molecule has 0 amide bonds. The third-order valence-corrected chi connectivity index (χ3v) is 2.28. The molecule has 2 rings (SSSR count). The molecule has 0 aliphatic heterocycles. The lowest BCUT2D eigenvalue weighted by atomic mass is 10.1. The van der Waals surface area contributed by atoms with E-state index in [-0.39, 0.29) is 5.82 Å². The monoisotopic (exact) mass is 219 g/mol. The third kappa shape index (κ3) is 1.95. The van der Waals surface area contributed by atoms with Crippen LogP contribution in [0.25, 0.3) is 11.1 Å². The quantitative estimate of drug-likeness (QED) is 0.573. The summed E-state index contributed by atoms with van der Waals surface area (Å²) < 4.78 is 18.8. The summed E-state index contributed by atoms with van der Waals surface area (Å²) in [6.45, 7) is 0. The lowest BCUT2D eigenvalue weighted by Gasteiger charge is -2.08. The van der Waals surface area contributed by atoms with Gasteiger partial charge >= 0.3 is 0 Å². The number of rotatable bonds is 2. The van der Waals surface area contributed by atoms with Crippen LogP contribution in [0.3, 0.4) is 0 Å². The molecule has 1 aromatic carbocycles. The third-order valence-electron chi connectivity index (χ3n) is 2.28. The van der Waals surface area contributed by atoms with Gasteiger partial charge in [-0.2, -0.15) is 4.73 Å². The van der Waals surface area contributed by atoms with Crippen LogP contribution in [-0.4, -0.2) is 7.11 Å². The molecule has 4 heteroatoms. The van der Waals surface area contributed by atoms with E-state index in [1.807, 2.05) is 0 Å². The van der Waals surface area contributed by atoms with Gasteiger partial charge in [-0.3, -0.25) is 0 Å². The van der Waals surface area contributed by atoms with Crippen molar-refractivity contribution >= 4 is 0 Å². The standard InChI is InChI=1S/C12H10FNO2/c1-16-12-8-10(13)2-3-11(12)9-4-6-14(15)7-5-9/h2-8H,1H3. The second-order valence-electron chi connectivity index (χ2n) is 3.29. The second kappa shape index (κ2) is 4.18. The summed E-state index contributed by atoms with van der Waals surface area (Å²) >= 11 is 0. The number of hydrogen-bond acceptors (Lipinski definition) is 2. The van der Waals surface area contributed by atoms with E-state index in [2.05, 4.69) is 0 Å². The Morgan fingerprint density at radius 2 is 1.88 bits per heavy atom. The zero-order valence-electron chi connectivity index (χ0n) is 8.68. The van der Waals surface area contributed by atoms with Gasteiger partial charge in [0.1, 0.15) is 11.6 Å². The summed E-state index contributed by atoms with van der Waals surface area (Å²) in [6.07, 6.45) is 2.77. The average Bonchev–Trinajstić information content (AvgIpc) is 2.30. The predicted molar refractivity (Wildman–Crippen MR) is 57.3 cm³/mol. The van der Waals surface area contributed by atoms with Crippen LogP contribution in [0.15, 0.2) is 42.7 Å². The first kappa shape index (κ1) is 10.4. The Morgan fingerprint density at radius 1 is 1.19 bits per heavy atom. The first-order valence-electron chi connectivity index (χ1n) is 4.73. The minimum atomic E-state index is -0.351. The maximum Gasteiger partial charge on any atom is 0.180 e. The van der Waals surface area contributed by atoms with Crippen molar-refractivity contribution in [2.24, 2.45) is 0 Å². The van der Waals surface area contributed by atoms with Gasteiger partial charge < -0.3 is 9.94 Å². The van der Waals surface area contributed by atoms with E-state index < -0.39 is 0 Å². The van der Waals surface area contributed by atoms with E-state index in [1.54, 1.807) is 18.2 Å². The SMILES string of the molecule is COc1cc(F)ccc1-c1cc[n+]([O-])cc1. The molecule has 1 aromatic heterocycles. The summed E-state index contributed by atoms with van der Waals surface area (Å²) in [6, 6.07) is 7.61. The number of ether oxygens (including phenoxy) is 1. The van der Waals surface area contributed by atoms with E-state index >= 15 is 0 Å². The van der Waals surface area contributed by atoms with Gasteiger partial charge in [0.05, 0.1) is 7.11 Å². The topological polar surface area (TPSA) is 36.2 Å². The smallest absolute Gasteiger partial charge is 0.180 e. The van der Waals surface area contributed by atoms with Gasteiger partial charge in [0, 0.05) is 23.8 Å². The number of aromatic nitrogens is 1. The first-order chi connectivity index (χ1) is 7.70. The second-order valence-corrected chi connectivity index (χ2v) is 3.29. The predicted octanol–water partition coefficient (Wildman–Crippen LogP) is 2.13. The highest BCUT2D eigenvalue weighted by Crippen LogP contribution is 2.29. The number of halogens is 1. The van der Waals surface area contributed by atoms with Crippen LogP contribution in [0.5, 0.6) is 5.75 Å². The Bertz CT molecular complexity index is 497. The highest BCUT2D eigenvalue weighted by Gasteiger charge is 2.07. The van der Waals surface area contributed by atoms with Crippen molar-refractivity contribution in [1.29, 1.82) is 0 Å². The number of methoxy groups -OCH3 is 1. The van der Waals surface area contributed by atoms with Gasteiger partial charge in [0.25, 0.3) is 0 Å². The number of hydrogen-bond donors (Lipinski definition) is 0. The molecule has 16 heavy (non-hydrogen) atoms. The molecule has 0 saturated heterocycles. The van der Waals surface area contributed by atoms with E-state index in [1.165, 1.54) is 31.6 Å². The van der Waals surface area contributed by atoms with Crippen LogP contribution in [0.1, 0.15) is 0 Å². The van der Waals surface area contributed by atoms with Crippen LogP contribution in [-0.2, 0) is 0 Å². The zero-order valence-corrected chi connectivity index (χ0v) is 8.68. The van der Waals surface area contributed by atoms with Crippen molar-refractivity contribution in [2.75, 3.05) is 7.11 Å². The Labute approximate surface area is 92.3 Å². The summed E-state index contributed by atoms with van der Waals surface area (Å²) in [5, 5.41) is 10.9. The summed E-state index contributed by atoms with van der Waals surface area (Å²) in [5.74, 6) is 0.0964. The average molecular weight is 219 g/mol. The van der Waals surface area contributed by atoms with Crippen LogP contribution in [0.2, 0.25) is 0 Å². The molecule has 0 aliphatic carbocycles.